The number of nitrogens with one attached hydrogen (secondary N) is 2. The molecule has 3 N–H and O–H groups in total. The molecule has 0 spiro atoms. The number of hydrogen-bond donors (Lipinski definition) is 3. The zero-order valence-corrected chi connectivity index (χ0v) is 16.4. The maximum Gasteiger partial charge on any atom is 0.313 e. The van der Waals surface area contributed by atoms with Crippen molar-refractivity contribution in [2.24, 2.45) is 0 Å². The number of likely N-dealkylation sites (N-methyl/N-ethyl adjacent to an activating group) is 1. The minimum Gasteiger partial charge on any atom is -0.387 e. The molecule has 2 aromatic rings. The van der Waals surface area contributed by atoms with Crippen LogP contribution in [0.15, 0.2) is 42.5 Å². The van der Waals surface area contributed by atoms with Gasteiger partial charge >= 0.3 is 11.8 Å². The van der Waals surface area contributed by atoms with Gasteiger partial charge in [0.15, 0.2) is 0 Å². The summed E-state index contributed by atoms with van der Waals surface area (Å²) in [6, 6.07) is 13.0. The third kappa shape index (κ3) is 4.43. The van der Waals surface area contributed by atoms with E-state index in [1.165, 1.54) is 11.3 Å². The number of hydrogen-bond acceptors (Lipinski definition) is 5. The highest BCUT2D eigenvalue weighted by atomic mass is 16.3. The number of fused-ring (bicyclic) bond motifs is 1. The van der Waals surface area contributed by atoms with E-state index in [0.29, 0.717) is 5.69 Å². The van der Waals surface area contributed by atoms with Crippen molar-refractivity contribution in [3.8, 4) is 0 Å². The molecule has 148 valence electrons. The number of amides is 2. The molecule has 3 rings (SSSR count). The van der Waals surface area contributed by atoms with E-state index in [4.69, 9.17) is 0 Å². The van der Waals surface area contributed by atoms with Crippen LogP contribution >= 0.6 is 0 Å². The molecule has 0 saturated heterocycles. The van der Waals surface area contributed by atoms with Gasteiger partial charge in [0.05, 0.1) is 6.10 Å². The third-order valence-corrected chi connectivity index (χ3v) is 4.92. The predicted molar refractivity (Wildman–Crippen MR) is 111 cm³/mol. The fourth-order valence-electron chi connectivity index (χ4n) is 3.21. The number of benzene rings is 2. The molecule has 0 radical (unpaired) electrons. The minimum absolute atomic E-state index is 0.0273. The van der Waals surface area contributed by atoms with Crippen LogP contribution in [0, 0.1) is 0 Å². The van der Waals surface area contributed by atoms with Crippen molar-refractivity contribution in [3.63, 3.8) is 0 Å². The minimum atomic E-state index is -0.868. The summed E-state index contributed by atoms with van der Waals surface area (Å²) in [4.78, 5) is 28.2. The molecular formula is C21H26N4O3. The van der Waals surface area contributed by atoms with E-state index in [0.717, 1.165) is 24.2 Å². The number of aliphatic hydroxyl groups is 1. The van der Waals surface area contributed by atoms with Gasteiger partial charge in [0.1, 0.15) is 0 Å². The summed E-state index contributed by atoms with van der Waals surface area (Å²) in [6.45, 7) is 0.932. The van der Waals surface area contributed by atoms with Gasteiger partial charge in [-0.05, 0) is 47.9 Å². The van der Waals surface area contributed by atoms with Gasteiger partial charge in [-0.1, -0.05) is 12.1 Å². The summed E-state index contributed by atoms with van der Waals surface area (Å²) >= 11 is 0. The number of carbonyl (C=O) groups is 2. The largest absolute Gasteiger partial charge is 0.387 e. The molecule has 0 saturated carbocycles. The van der Waals surface area contributed by atoms with Crippen LogP contribution in [0.5, 0.6) is 0 Å². The summed E-state index contributed by atoms with van der Waals surface area (Å²) in [6.07, 6.45) is 0.0701. The average molecular weight is 382 g/mol. The van der Waals surface area contributed by atoms with Crippen molar-refractivity contribution in [2.45, 2.75) is 12.5 Å². The molecule has 1 aliphatic heterocycles. The van der Waals surface area contributed by atoms with Gasteiger partial charge in [-0.2, -0.15) is 0 Å². The van der Waals surface area contributed by atoms with Crippen molar-refractivity contribution < 1.29 is 14.7 Å². The summed E-state index contributed by atoms with van der Waals surface area (Å²) in [5, 5.41) is 15.4. The van der Waals surface area contributed by atoms with Crippen LogP contribution in [0.4, 0.5) is 17.1 Å². The molecule has 0 fully saturated rings. The second-order valence-corrected chi connectivity index (χ2v) is 7.18. The Morgan fingerprint density at radius 3 is 2.54 bits per heavy atom. The van der Waals surface area contributed by atoms with E-state index < -0.39 is 17.9 Å². The fourth-order valence-corrected chi connectivity index (χ4v) is 3.21. The molecule has 0 aromatic heterocycles. The van der Waals surface area contributed by atoms with Crippen molar-refractivity contribution >= 4 is 28.9 Å². The molecule has 0 aliphatic carbocycles. The van der Waals surface area contributed by atoms with E-state index in [1.807, 2.05) is 56.4 Å². The third-order valence-electron chi connectivity index (χ3n) is 4.92. The number of anilines is 3. The quantitative estimate of drug-likeness (QED) is 0.683. The van der Waals surface area contributed by atoms with E-state index in [1.54, 1.807) is 12.1 Å². The molecule has 7 heteroatoms. The van der Waals surface area contributed by atoms with Gasteiger partial charge in [-0.15, -0.1) is 0 Å². The highest BCUT2D eigenvalue weighted by Crippen LogP contribution is 2.29. The van der Waals surface area contributed by atoms with Gasteiger partial charge in [-0.25, -0.2) is 0 Å². The Morgan fingerprint density at radius 1 is 1.14 bits per heavy atom. The molecular weight excluding hydrogens is 356 g/mol. The first-order chi connectivity index (χ1) is 13.3. The highest BCUT2D eigenvalue weighted by molar-refractivity contribution is 6.39. The lowest BCUT2D eigenvalue weighted by Gasteiger charge is -2.15. The predicted octanol–water partition coefficient (Wildman–Crippen LogP) is 1.53. The number of nitrogens with zero attached hydrogens (tertiary/aromatic N) is 2. The van der Waals surface area contributed by atoms with E-state index in [2.05, 4.69) is 15.5 Å². The molecule has 1 heterocycles. The Labute approximate surface area is 165 Å². The maximum absolute atomic E-state index is 12.0. The SMILES string of the molecule is CN(C)c1ccc(NC(=O)C(=O)NCC(O)c2ccc3c(c2)CCN3C)cc1. The Morgan fingerprint density at radius 2 is 1.86 bits per heavy atom. The van der Waals surface area contributed by atoms with Crippen LogP contribution in [-0.2, 0) is 16.0 Å². The topological polar surface area (TPSA) is 84.9 Å². The lowest BCUT2D eigenvalue weighted by molar-refractivity contribution is -0.136. The summed E-state index contributed by atoms with van der Waals surface area (Å²) in [5.74, 6) is -1.54. The molecule has 7 nitrogen and oxygen atoms in total. The Kier molecular flexibility index (Phi) is 5.84. The van der Waals surface area contributed by atoms with Crippen LogP contribution < -0.4 is 20.4 Å². The van der Waals surface area contributed by atoms with Crippen LogP contribution in [0.1, 0.15) is 17.2 Å². The van der Waals surface area contributed by atoms with Gasteiger partial charge in [0, 0.05) is 51.3 Å². The smallest absolute Gasteiger partial charge is 0.313 e. The monoisotopic (exact) mass is 382 g/mol. The lowest BCUT2D eigenvalue weighted by atomic mass is 10.0. The van der Waals surface area contributed by atoms with Gasteiger partial charge in [-0.3, -0.25) is 9.59 Å². The van der Waals surface area contributed by atoms with Crippen LogP contribution in [0.2, 0.25) is 0 Å². The summed E-state index contributed by atoms with van der Waals surface area (Å²) < 4.78 is 0. The van der Waals surface area contributed by atoms with Crippen molar-refractivity contribution in [2.75, 3.05) is 49.3 Å². The lowest BCUT2D eigenvalue weighted by Crippen LogP contribution is -2.37. The molecule has 28 heavy (non-hydrogen) atoms. The number of aliphatic hydroxyl groups excluding tert-OH is 1. The maximum atomic E-state index is 12.0. The fraction of sp³-hybridized carbons (Fsp3) is 0.333. The van der Waals surface area contributed by atoms with Crippen molar-refractivity contribution in [3.05, 3.63) is 53.6 Å². The highest BCUT2D eigenvalue weighted by Gasteiger charge is 2.19. The zero-order valence-electron chi connectivity index (χ0n) is 16.4. The normalized spacial score (nSPS) is 13.6. The van der Waals surface area contributed by atoms with Crippen LogP contribution in [-0.4, -0.2) is 51.2 Å². The number of rotatable bonds is 5. The molecule has 1 unspecified atom stereocenters. The Hall–Kier alpha value is -3.06. The van der Waals surface area contributed by atoms with Gasteiger partial charge in [0.2, 0.25) is 0 Å². The summed E-state index contributed by atoms with van der Waals surface area (Å²) in [7, 11) is 5.88. The molecule has 0 bridgehead atoms. The molecule has 1 atom stereocenters. The van der Waals surface area contributed by atoms with E-state index in [-0.39, 0.29) is 6.54 Å². The van der Waals surface area contributed by atoms with Crippen LogP contribution in [0.25, 0.3) is 0 Å². The zero-order chi connectivity index (χ0) is 20.3. The van der Waals surface area contributed by atoms with E-state index in [9.17, 15) is 14.7 Å². The first-order valence-corrected chi connectivity index (χ1v) is 9.23. The van der Waals surface area contributed by atoms with Gasteiger partial charge in [0.25, 0.3) is 0 Å². The average Bonchev–Trinajstić information content (AvgIpc) is 3.06. The van der Waals surface area contributed by atoms with Crippen molar-refractivity contribution in [1.29, 1.82) is 0 Å². The second kappa shape index (κ2) is 8.31. The first-order valence-electron chi connectivity index (χ1n) is 9.23. The second-order valence-electron chi connectivity index (χ2n) is 7.18. The van der Waals surface area contributed by atoms with Gasteiger partial charge < -0.3 is 25.5 Å². The molecule has 2 amide bonds. The first kappa shape index (κ1) is 19.7. The summed E-state index contributed by atoms with van der Waals surface area (Å²) in [5.41, 5.74) is 4.61. The van der Waals surface area contributed by atoms with E-state index >= 15 is 0 Å². The Balaban J connectivity index is 1.52. The molecule has 1 aliphatic rings. The van der Waals surface area contributed by atoms with Crippen LogP contribution in [0.3, 0.4) is 0 Å². The van der Waals surface area contributed by atoms with Crippen molar-refractivity contribution in [1.82, 2.24) is 5.32 Å². The number of carbonyl (C=O) groups excluding carboxylic acids is 2. The standard InChI is InChI=1S/C21H26N4O3/c1-24(2)17-7-5-16(6-8-17)23-21(28)20(27)22-13-19(26)15-4-9-18-14(12-15)10-11-25(18)3/h4-9,12,19,26H,10-11,13H2,1-3H3,(H,22,27)(H,23,28). The Bertz CT molecular complexity index is 864. The molecule has 2 aromatic carbocycles.